The third-order valence-corrected chi connectivity index (χ3v) is 11.0. The van der Waals surface area contributed by atoms with E-state index in [-0.39, 0.29) is 43.8 Å². The molecule has 0 saturated heterocycles. The van der Waals surface area contributed by atoms with Crippen molar-refractivity contribution in [2.45, 2.75) is 23.7 Å². The van der Waals surface area contributed by atoms with Crippen LogP contribution in [0.1, 0.15) is 39.8 Å². The van der Waals surface area contributed by atoms with Gasteiger partial charge in [0.1, 0.15) is 17.0 Å². The number of aromatic nitrogens is 2. The van der Waals surface area contributed by atoms with Gasteiger partial charge in [-0.1, -0.05) is 170 Å². The Morgan fingerprint density at radius 1 is 0.683 bits per heavy atom. The second-order valence-corrected chi connectivity index (χ2v) is 14.2. The Balaban J connectivity index is 1.39. The quantitative estimate of drug-likeness (QED) is 0.0512. The Hall–Kier alpha value is -6.76. The standard InChI is InChI=1S/C49H47N5O6/c1-57-42-32-19-18-31-41(42)47(36-21-8-3-9-22-36,37-23-10-4-11-24-37)54-45(56)43-44(52-46(54)50)53(35-51-43)49(58-2,59-34-20-33-55)60-48(38-25-12-5-13-26-38,39-27-14-6-15-28-39)40-29-16-7-17-30-40/h3-19,21-32,51,55H,20,33-35H2,1-2H3,(H2,50,52). The molecule has 2 heterocycles. The van der Waals surface area contributed by atoms with Gasteiger partial charge in [0.2, 0.25) is 5.95 Å². The van der Waals surface area contributed by atoms with Crippen molar-refractivity contribution in [1.82, 2.24) is 9.55 Å². The number of hydrogen-bond acceptors (Lipinski definition) is 10. The molecule has 304 valence electrons. The molecule has 7 aromatic rings. The molecule has 1 atom stereocenters. The molecule has 1 aromatic heterocycles. The fraction of sp³-hybridized carbons (Fsp3) is 0.184. The molecule has 0 spiro atoms. The van der Waals surface area contributed by atoms with Gasteiger partial charge in [-0.2, -0.15) is 4.98 Å². The molecule has 60 heavy (non-hydrogen) atoms. The number of ether oxygens (including phenoxy) is 4. The van der Waals surface area contributed by atoms with E-state index in [0.717, 1.165) is 27.8 Å². The van der Waals surface area contributed by atoms with Crippen LogP contribution in [0.2, 0.25) is 0 Å². The summed E-state index contributed by atoms with van der Waals surface area (Å²) in [4.78, 5) is 22.3. The van der Waals surface area contributed by atoms with Crippen molar-refractivity contribution in [2.75, 3.05) is 50.1 Å². The van der Waals surface area contributed by atoms with Crippen LogP contribution in [0.5, 0.6) is 5.75 Å². The summed E-state index contributed by atoms with van der Waals surface area (Å²) in [7, 11) is 3.08. The highest BCUT2D eigenvalue weighted by Gasteiger charge is 2.54. The van der Waals surface area contributed by atoms with Crippen LogP contribution in [0, 0.1) is 0 Å². The first kappa shape index (κ1) is 40.0. The summed E-state index contributed by atoms with van der Waals surface area (Å²) in [5.41, 5.74) is 8.70. The molecular formula is C49H47N5O6. The molecule has 11 heteroatoms. The van der Waals surface area contributed by atoms with Crippen molar-refractivity contribution in [2.24, 2.45) is 0 Å². The van der Waals surface area contributed by atoms with Crippen LogP contribution in [0.15, 0.2) is 181 Å². The molecule has 1 aliphatic heterocycles. The summed E-state index contributed by atoms with van der Waals surface area (Å²) < 4.78 is 28.1. The lowest BCUT2D eigenvalue weighted by Crippen LogP contribution is -2.59. The van der Waals surface area contributed by atoms with Crippen LogP contribution < -0.4 is 26.2 Å². The van der Waals surface area contributed by atoms with Gasteiger partial charge in [-0.3, -0.25) is 19.0 Å². The number of hydrogen-bond donors (Lipinski definition) is 3. The van der Waals surface area contributed by atoms with Crippen LogP contribution in [-0.4, -0.2) is 54.9 Å². The average molecular weight is 802 g/mol. The minimum atomic E-state index is -2.06. The number of nitrogens with one attached hydrogen (secondary N) is 1. The first-order valence-electron chi connectivity index (χ1n) is 19.8. The van der Waals surface area contributed by atoms with Gasteiger partial charge in [0, 0.05) is 19.3 Å². The summed E-state index contributed by atoms with van der Waals surface area (Å²) in [5, 5.41) is 13.3. The smallest absolute Gasteiger partial charge is 0.381 e. The van der Waals surface area contributed by atoms with E-state index in [4.69, 9.17) is 29.7 Å². The second kappa shape index (κ2) is 17.2. The first-order valence-corrected chi connectivity index (χ1v) is 19.8. The van der Waals surface area contributed by atoms with Gasteiger partial charge >= 0.3 is 6.10 Å². The van der Waals surface area contributed by atoms with Crippen LogP contribution in [0.4, 0.5) is 17.5 Å². The third kappa shape index (κ3) is 6.77. The number of aliphatic hydroxyl groups excluding tert-OH is 1. The maximum atomic E-state index is 15.6. The maximum absolute atomic E-state index is 15.6. The van der Waals surface area contributed by atoms with Crippen LogP contribution >= 0.6 is 0 Å². The van der Waals surface area contributed by atoms with Crippen molar-refractivity contribution in [1.29, 1.82) is 0 Å². The number of aliphatic hydroxyl groups is 1. The molecule has 0 bridgehead atoms. The highest BCUT2D eigenvalue weighted by molar-refractivity contribution is 5.73. The van der Waals surface area contributed by atoms with Crippen molar-refractivity contribution in [3.8, 4) is 5.75 Å². The van der Waals surface area contributed by atoms with E-state index >= 15 is 4.79 Å². The third-order valence-electron chi connectivity index (χ3n) is 11.0. The zero-order chi connectivity index (χ0) is 41.6. The lowest BCUT2D eigenvalue weighted by atomic mass is 9.76. The Labute approximate surface area is 349 Å². The molecule has 8 rings (SSSR count). The largest absolute Gasteiger partial charge is 0.496 e. The molecule has 4 N–H and O–H groups in total. The van der Waals surface area contributed by atoms with Gasteiger partial charge in [0.05, 0.1) is 20.4 Å². The Bertz CT molecular complexity index is 2430. The molecule has 1 aliphatic rings. The van der Waals surface area contributed by atoms with Gasteiger partial charge in [0.15, 0.2) is 11.4 Å². The number of anilines is 3. The Morgan fingerprint density at radius 2 is 1.15 bits per heavy atom. The minimum absolute atomic E-state index is 0.0239. The average Bonchev–Trinajstić information content (AvgIpc) is 3.75. The van der Waals surface area contributed by atoms with Gasteiger partial charge in [-0.05, 0) is 40.3 Å². The number of rotatable bonds is 16. The molecular weight excluding hydrogens is 755 g/mol. The van der Waals surface area contributed by atoms with Crippen molar-refractivity contribution in [3.05, 3.63) is 220 Å². The molecule has 0 amide bonds. The van der Waals surface area contributed by atoms with Gasteiger partial charge in [0.25, 0.3) is 5.56 Å². The van der Waals surface area contributed by atoms with E-state index < -0.39 is 22.8 Å². The van der Waals surface area contributed by atoms with Crippen molar-refractivity contribution >= 4 is 17.5 Å². The summed E-state index contributed by atoms with van der Waals surface area (Å²) in [6.45, 7) is -0.146. The van der Waals surface area contributed by atoms with Gasteiger partial charge in [-0.15, -0.1) is 0 Å². The zero-order valence-corrected chi connectivity index (χ0v) is 33.5. The van der Waals surface area contributed by atoms with E-state index in [1.54, 1.807) is 12.0 Å². The summed E-state index contributed by atoms with van der Waals surface area (Å²) in [5.74, 6) is 0.611. The maximum Gasteiger partial charge on any atom is 0.381 e. The Kier molecular flexibility index (Phi) is 11.5. The molecule has 0 radical (unpaired) electrons. The molecule has 1 unspecified atom stereocenters. The number of nitrogens with two attached hydrogens (primary N) is 1. The molecule has 11 nitrogen and oxygen atoms in total. The highest BCUT2D eigenvalue weighted by atomic mass is 16.9. The van der Waals surface area contributed by atoms with E-state index in [9.17, 15) is 5.11 Å². The molecule has 6 aromatic carbocycles. The lowest BCUT2D eigenvalue weighted by Gasteiger charge is -2.46. The molecule has 0 saturated carbocycles. The summed E-state index contributed by atoms with van der Waals surface area (Å²) in [6, 6.07) is 56.5. The molecule has 0 fully saturated rings. The zero-order valence-electron chi connectivity index (χ0n) is 33.5. The number of fused-ring (bicyclic) bond motifs is 1. The Morgan fingerprint density at radius 3 is 1.62 bits per heavy atom. The fourth-order valence-electron chi connectivity index (χ4n) is 8.35. The number of para-hydroxylation sites is 1. The van der Waals surface area contributed by atoms with E-state index in [0.29, 0.717) is 11.3 Å². The van der Waals surface area contributed by atoms with Crippen LogP contribution in [0.3, 0.4) is 0 Å². The van der Waals surface area contributed by atoms with E-state index in [2.05, 4.69) is 5.32 Å². The van der Waals surface area contributed by atoms with E-state index in [1.807, 2.05) is 176 Å². The monoisotopic (exact) mass is 801 g/mol. The number of nitrogens with zero attached hydrogens (tertiary/aromatic N) is 3. The van der Waals surface area contributed by atoms with Gasteiger partial charge in [-0.25, -0.2) is 0 Å². The van der Waals surface area contributed by atoms with Crippen LogP contribution in [0.25, 0.3) is 0 Å². The SMILES string of the molecule is COc1ccccc1C(c1ccccc1)(c1ccccc1)n1c(N)nc2c(c1=O)NCN2C(OC)(OCCCO)OC(c1ccccc1)(c1ccccc1)c1ccccc1. The first-order chi connectivity index (χ1) is 29.4. The lowest BCUT2D eigenvalue weighted by molar-refractivity contribution is -0.394. The van der Waals surface area contributed by atoms with Crippen molar-refractivity contribution < 1.29 is 24.1 Å². The normalized spacial score (nSPS) is 13.6. The predicted molar refractivity (Wildman–Crippen MR) is 233 cm³/mol. The highest BCUT2D eigenvalue weighted by Crippen LogP contribution is 2.49. The number of benzene rings is 6. The number of nitrogen functional groups attached to an aromatic ring is 1. The van der Waals surface area contributed by atoms with Gasteiger partial charge < -0.3 is 30.4 Å². The minimum Gasteiger partial charge on any atom is -0.496 e. The fourth-order valence-corrected chi connectivity index (χ4v) is 8.35. The second-order valence-electron chi connectivity index (χ2n) is 14.2. The summed E-state index contributed by atoms with van der Waals surface area (Å²) >= 11 is 0. The number of methoxy groups -OCH3 is 2. The van der Waals surface area contributed by atoms with E-state index in [1.165, 1.54) is 11.7 Å². The van der Waals surface area contributed by atoms with Crippen LogP contribution in [-0.2, 0) is 25.4 Å². The summed E-state index contributed by atoms with van der Waals surface area (Å²) in [6.07, 6.45) is -1.80. The van der Waals surface area contributed by atoms with Crippen molar-refractivity contribution in [3.63, 3.8) is 0 Å². The topological polar surface area (TPSA) is 133 Å². The predicted octanol–water partition coefficient (Wildman–Crippen LogP) is 7.53. The molecule has 0 aliphatic carbocycles.